The quantitative estimate of drug-likeness (QED) is 0.840. The van der Waals surface area contributed by atoms with Crippen molar-refractivity contribution in [2.45, 2.75) is 30.3 Å². The van der Waals surface area contributed by atoms with Gasteiger partial charge in [0.15, 0.2) is 0 Å². The minimum absolute atomic E-state index is 0.0651. The predicted molar refractivity (Wildman–Crippen MR) is 82.8 cm³/mol. The van der Waals surface area contributed by atoms with Crippen LogP contribution in [0.2, 0.25) is 10.0 Å². The maximum atomic E-state index is 12.5. The molecular formula is C12H14BrCl2NO3S. The van der Waals surface area contributed by atoms with Crippen LogP contribution in [0.1, 0.15) is 19.8 Å². The second kappa shape index (κ2) is 5.74. The third-order valence-corrected chi connectivity index (χ3v) is 6.39. The number of nitrogens with zero attached hydrogens (tertiary/aromatic N) is 1. The molecule has 0 amide bonds. The van der Waals surface area contributed by atoms with Crippen molar-refractivity contribution >= 4 is 49.2 Å². The highest BCUT2D eigenvalue weighted by atomic mass is 79.9. The van der Waals surface area contributed by atoms with E-state index in [4.69, 9.17) is 23.2 Å². The van der Waals surface area contributed by atoms with Crippen molar-refractivity contribution in [3.63, 3.8) is 0 Å². The Hall–Kier alpha value is 0.150. The maximum Gasteiger partial charge on any atom is 0.246 e. The van der Waals surface area contributed by atoms with Crippen molar-refractivity contribution in [1.82, 2.24) is 4.31 Å². The van der Waals surface area contributed by atoms with Crippen LogP contribution in [0.25, 0.3) is 0 Å². The van der Waals surface area contributed by atoms with E-state index in [-0.39, 0.29) is 28.0 Å². The van der Waals surface area contributed by atoms with Gasteiger partial charge in [-0.3, -0.25) is 0 Å². The minimum Gasteiger partial charge on any atom is -0.387 e. The van der Waals surface area contributed by atoms with Gasteiger partial charge in [-0.25, -0.2) is 8.42 Å². The molecule has 4 nitrogen and oxygen atoms in total. The van der Waals surface area contributed by atoms with E-state index in [1.54, 1.807) is 0 Å². The topological polar surface area (TPSA) is 57.6 Å². The first-order valence-corrected chi connectivity index (χ1v) is 9.05. The Labute approximate surface area is 136 Å². The summed E-state index contributed by atoms with van der Waals surface area (Å²) >= 11 is 15.2. The van der Waals surface area contributed by atoms with E-state index in [0.29, 0.717) is 10.9 Å². The number of sulfonamides is 1. The van der Waals surface area contributed by atoms with Gasteiger partial charge in [-0.1, -0.05) is 52.5 Å². The van der Waals surface area contributed by atoms with Crippen LogP contribution in [-0.2, 0) is 10.0 Å². The molecule has 0 spiro atoms. The van der Waals surface area contributed by atoms with Crippen LogP contribution in [0.5, 0.6) is 0 Å². The van der Waals surface area contributed by atoms with Gasteiger partial charge in [0.25, 0.3) is 0 Å². The molecule has 1 N–H and O–H groups in total. The molecule has 1 aliphatic heterocycles. The van der Waals surface area contributed by atoms with Gasteiger partial charge in [0.1, 0.15) is 4.90 Å². The number of aliphatic hydroxyl groups is 1. The summed E-state index contributed by atoms with van der Waals surface area (Å²) in [7, 11) is -3.78. The van der Waals surface area contributed by atoms with Crippen LogP contribution in [-0.4, -0.2) is 36.5 Å². The monoisotopic (exact) mass is 401 g/mol. The van der Waals surface area contributed by atoms with E-state index in [0.717, 1.165) is 6.42 Å². The van der Waals surface area contributed by atoms with E-state index in [1.165, 1.54) is 16.4 Å². The number of hydrogen-bond acceptors (Lipinski definition) is 3. The third kappa shape index (κ3) is 3.00. The number of halogens is 3. The van der Waals surface area contributed by atoms with Gasteiger partial charge < -0.3 is 5.11 Å². The highest BCUT2D eigenvalue weighted by Crippen LogP contribution is 2.38. The highest BCUT2D eigenvalue weighted by molar-refractivity contribution is 9.10. The van der Waals surface area contributed by atoms with E-state index < -0.39 is 15.6 Å². The molecule has 2 rings (SSSR count). The lowest BCUT2D eigenvalue weighted by Gasteiger charge is -2.45. The molecule has 8 heteroatoms. The van der Waals surface area contributed by atoms with Crippen molar-refractivity contribution in [3.05, 3.63) is 26.7 Å². The molecule has 1 aliphatic rings. The molecule has 0 atom stereocenters. The molecule has 1 saturated heterocycles. The summed E-state index contributed by atoms with van der Waals surface area (Å²) in [5, 5.41) is 10.2. The second-order valence-corrected chi connectivity index (χ2v) is 8.55. The largest absolute Gasteiger partial charge is 0.387 e. The summed E-state index contributed by atoms with van der Waals surface area (Å²) < 4.78 is 26.8. The fourth-order valence-corrected chi connectivity index (χ4v) is 5.79. The standard InChI is InChI=1S/C12H14BrCl2NO3S/c1-2-3-12(17)6-16(7-12)20(18,19)11-9(14)4-8(13)5-10(11)15/h4-5,17H,2-3,6-7H2,1H3. The van der Waals surface area contributed by atoms with Gasteiger partial charge in [0.2, 0.25) is 10.0 Å². The Morgan fingerprint density at radius 2 is 1.85 bits per heavy atom. The predicted octanol–water partition coefficient (Wildman–Crippen LogP) is 3.29. The molecule has 1 aromatic rings. The molecule has 1 fully saturated rings. The normalized spacial score (nSPS) is 18.9. The molecule has 1 heterocycles. The Morgan fingerprint density at radius 3 is 2.30 bits per heavy atom. The van der Waals surface area contributed by atoms with E-state index in [2.05, 4.69) is 15.9 Å². The molecular weight excluding hydrogens is 389 g/mol. The van der Waals surface area contributed by atoms with Crippen LogP contribution in [0.4, 0.5) is 0 Å². The van der Waals surface area contributed by atoms with Crippen LogP contribution in [0.3, 0.4) is 0 Å². The molecule has 0 radical (unpaired) electrons. The molecule has 0 unspecified atom stereocenters. The van der Waals surface area contributed by atoms with Crippen molar-refractivity contribution in [2.75, 3.05) is 13.1 Å². The highest BCUT2D eigenvalue weighted by Gasteiger charge is 2.47. The molecule has 0 aliphatic carbocycles. The summed E-state index contributed by atoms with van der Waals surface area (Å²) in [4.78, 5) is -0.109. The lowest BCUT2D eigenvalue weighted by Crippen LogP contribution is -2.63. The van der Waals surface area contributed by atoms with Crippen LogP contribution in [0, 0.1) is 0 Å². The zero-order chi connectivity index (χ0) is 15.1. The summed E-state index contributed by atoms with van der Waals surface area (Å²) in [5.41, 5.74) is -0.934. The van der Waals surface area contributed by atoms with Crippen LogP contribution >= 0.6 is 39.1 Å². The van der Waals surface area contributed by atoms with Crippen LogP contribution in [0.15, 0.2) is 21.5 Å². The first-order chi connectivity index (χ1) is 9.19. The molecule has 0 bridgehead atoms. The number of β-amino-alcohol motifs (C(OH)–C–C–N with tert-alkyl or cyclic N) is 1. The smallest absolute Gasteiger partial charge is 0.246 e. The van der Waals surface area contributed by atoms with E-state index >= 15 is 0 Å². The Kier molecular flexibility index (Phi) is 4.74. The zero-order valence-corrected chi connectivity index (χ0v) is 14.7. The second-order valence-electron chi connectivity index (χ2n) is 4.95. The van der Waals surface area contributed by atoms with Crippen molar-refractivity contribution in [2.24, 2.45) is 0 Å². The lowest BCUT2D eigenvalue weighted by atomic mass is 9.92. The average Bonchev–Trinajstić information content (AvgIpc) is 2.23. The SMILES string of the molecule is CCCC1(O)CN(S(=O)(=O)c2c(Cl)cc(Br)cc2Cl)C1. The van der Waals surface area contributed by atoms with E-state index in [1.807, 2.05) is 6.92 Å². The first kappa shape index (κ1) is 16.5. The van der Waals surface area contributed by atoms with Gasteiger partial charge in [-0.2, -0.15) is 4.31 Å². The number of rotatable bonds is 4. The van der Waals surface area contributed by atoms with Gasteiger partial charge >= 0.3 is 0 Å². The van der Waals surface area contributed by atoms with Crippen molar-refractivity contribution in [3.8, 4) is 0 Å². The Bertz CT molecular complexity index is 607. The Balaban J connectivity index is 2.30. The average molecular weight is 403 g/mol. The molecule has 0 saturated carbocycles. The van der Waals surface area contributed by atoms with Gasteiger partial charge in [-0.05, 0) is 18.6 Å². The number of benzene rings is 1. The first-order valence-electron chi connectivity index (χ1n) is 6.07. The third-order valence-electron chi connectivity index (χ3n) is 3.22. The minimum atomic E-state index is -3.78. The Morgan fingerprint density at radius 1 is 1.35 bits per heavy atom. The van der Waals surface area contributed by atoms with Crippen molar-refractivity contribution in [1.29, 1.82) is 0 Å². The summed E-state index contributed by atoms with van der Waals surface area (Å²) in [6.07, 6.45) is 1.37. The maximum absolute atomic E-state index is 12.5. The summed E-state index contributed by atoms with van der Waals surface area (Å²) in [5.74, 6) is 0. The summed E-state index contributed by atoms with van der Waals surface area (Å²) in [6, 6.07) is 2.97. The van der Waals surface area contributed by atoms with Gasteiger partial charge in [-0.15, -0.1) is 0 Å². The zero-order valence-electron chi connectivity index (χ0n) is 10.7. The van der Waals surface area contributed by atoms with Gasteiger partial charge in [0.05, 0.1) is 15.6 Å². The number of hydrogen-bond donors (Lipinski definition) is 1. The lowest BCUT2D eigenvalue weighted by molar-refractivity contribution is -0.0653. The van der Waals surface area contributed by atoms with Gasteiger partial charge in [0, 0.05) is 17.6 Å². The van der Waals surface area contributed by atoms with Crippen LogP contribution < -0.4 is 0 Å². The molecule has 1 aromatic carbocycles. The fourth-order valence-electron chi connectivity index (χ4n) is 2.31. The fraction of sp³-hybridized carbons (Fsp3) is 0.500. The molecule has 112 valence electrons. The van der Waals surface area contributed by atoms with E-state index in [9.17, 15) is 13.5 Å². The summed E-state index contributed by atoms with van der Waals surface area (Å²) in [6.45, 7) is 2.09. The molecule has 0 aromatic heterocycles. The van der Waals surface area contributed by atoms with Crippen molar-refractivity contribution < 1.29 is 13.5 Å². The molecule has 20 heavy (non-hydrogen) atoms.